The first-order valence-corrected chi connectivity index (χ1v) is 3.21. The van der Waals surface area contributed by atoms with Crippen molar-refractivity contribution in [2.24, 2.45) is 0 Å². The van der Waals surface area contributed by atoms with Crippen LogP contribution in [-0.4, -0.2) is 0 Å². The minimum Gasteiger partial charge on any atom is -0.238 e. The summed E-state index contributed by atoms with van der Waals surface area (Å²) in [5, 5.41) is 8.39. The van der Waals surface area contributed by atoms with E-state index in [1.807, 2.05) is 12.1 Å². The Morgan fingerprint density at radius 3 is 2.82 bits per heavy atom. The topological polar surface area (TPSA) is 28.1 Å². The number of hydrogen-bond donors (Lipinski definition) is 0. The van der Waals surface area contributed by atoms with Gasteiger partial charge in [-0.15, -0.1) is 0 Å². The van der Waals surface area contributed by atoms with Crippen LogP contribution in [0.5, 0.6) is 0 Å². The molecule has 0 fully saturated rings. The molecule has 0 bridgehead atoms. The van der Waals surface area contributed by atoms with Crippen molar-refractivity contribution in [2.45, 2.75) is 6.42 Å². The maximum atomic E-state index is 8.39. The van der Waals surface area contributed by atoms with Crippen molar-refractivity contribution in [1.82, 2.24) is 0 Å². The molecule has 0 aliphatic rings. The standard InChI is InChI=1S/C9H6N2/c1-11-9-5-3-2-4-8(9)6-7-10/h2-5H,6H2. The molecular formula is C9H6N2. The van der Waals surface area contributed by atoms with E-state index in [1.54, 1.807) is 18.2 Å². The number of rotatable bonds is 1. The Kier molecular flexibility index (Phi) is 2.25. The summed E-state index contributed by atoms with van der Waals surface area (Å²) in [7, 11) is 0. The van der Waals surface area contributed by atoms with Crippen molar-refractivity contribution in [3.63, 3.8) is 0 Å². The van der Waals surface area contributed by atoms with E-state index in [2.05, 4.69) is 4.85 Å². The molecule has 0 radical (unpaired) electrons. The van der Waals surface area contributed by atoms with Crippen LogP contribution in [0.3, 0.4) is 0 Å². The maximum Gasteiger partial charge on any atom is 0.191 e. The molecule has 0 aliphatic carbocycles. The van der Waals surface area contributed by atoms with Gasteiger partial charge in [0.05, 0.1) is 19.1 Å². The van der Waals surface area contributed by atoms with Crippen molar-refractivity contribution in [2.75, 3.05) is 0 Å². The predicted molar refractivity (Wildman–Crippen MR) is 42.0 cm³/mol. The summed E-state index contributed by atoms with van der Waals surface area (Å²) in [6.07, 6.45) is 0.318. The fourth-order valence-electron chi connectivity index (χ4n) is 0.855. The second-order valence-electron chi connectivity index (χ2n) is 2.08. The first-order valence-electron chi connectivity index (χ1n) is 3.21. The van der Waals surface area contributed by atoms with E-state index in [-0.39, 0.29) is 0 Å². The van der Waals surface area contributed by atoms with Crippen LogP contribution in [0, 0.1) is 17.9 Å². The van der Waals surface area contributed by atoms with Crippen LogP contribution in [0.2, 0.25) is 0 Å². The molecular weight excluding hydrogens is 136 g/mol. The molecule has 1 rings (SSSR count). The monoisotopic (exact) mass is 142 g/mol. The van der Waals surface area contributed by atoms with Gasteiger partial charge in [-0.25, -0.2) is 4.85 Å². The molecule has 2 nitrogen and oxygen atoms in total. The molecule has 2 heteroatoms. The minimum absolute atomic E-state index is 0.318. The summed E-state index contributed by atoms with van der Waals surface area (Å²) >= 11 is 0. The van der Waals surface area contributed by atoms with Crippen molar-refractivity contribution < 1.29 is 0 Å². The Morgan fingerprint density at radius 2 is 2.18 bits per heavy atom. The molecule has 0 spiro atoms. The van der Waals surface area contributed by atoms with E-state index < -0.39 is 0 Å². The zero-order chi connectivity index (χ0) is 8.10. The number of hydrogen-bond acceptors (Lipinski definition) is 1. The van der Waals surface area contributed by atoms with Gasteiger partial charge in [-0.2, -0.15) is 5.26 Å². The lowest BCUT2D eigenvalue weighted by Gasteiger charge is -1.94. The third-order valence-corrected chi connectivity index (χ3v) is 1.38. The van der Waals surface area contributed by atoms with Crippen LogP contribution in [0.25, 0.3) is 4.85 Å². The van der Waals surface area contributed by atoms with Gasteiger partial charge < -0.3 is 0 Å². The largest absolute Gasteiger partial charge is 0.238 e. The molecule has 0 saturated heterocycles. The van der Waals surface area contributed by atoms with Gasteiger partial charge in [0.1, 0.15) is 0 Å². The molecule has 52 valence electrons. The fraction of sp³-hybridized carbons (Fsp3) is 0.111. The molecule has 0 unspecified atom stereocenters. The highest BCUT2D eigenvalue weighted by Gasteiger charge is 1.97. The van der Waals surface area contributed by atoms with E-state index in [0.717, 1.165) is 5.56 Å². The number of nitrogens with zero attached hydrogens (tertiary/aromatic N) is 2. The summed E-state index contributed by atoms with van der Waals surface area (Å²) in [6.45, 7) is 6.78. The van der Waals surface area contributed by atoms with Crippen LogP contribution in [0.4, 0.5) is 5.69 Å². The van der Waals surface area contributed by atoms with Crippen LogP contribution in [0.1, 0.15) is 5.56 Å². The Labute approximate surface area is 65.5 Å². The number of benzene rings is 1. The Balaban J connectivity index is 3.07. The van der Waals surface area contributed by atoms with Crippen molar-refractivity contribution >= 4 is 5.69 Å². The average Bonchev–Trinajstić information content (AvgIpc) is 2.06. The predicted octanol–water partition coefficient (Wildman–Crippen LogP) is 2.30. The van der Waals surface area contributed by atoms with Crippen molar-refractivity contribution in [3.8, 4) is 6.07 Å². The van der Waals surface area contributed by atoms with Crippen molar-refractivity contribution in [3.05, 3.63) is 41.2 Å². The van der Waals surface area contributed by atoms with Gasteiger partial charge in [-0.1, -0.05) is 24.3 Å². The molecule has 0 aliphatic heterocycles. The lowest BCUT2D eigenvalue weighted by Crippen LogP contribution is -1.79. The molecule has 0 amide bonds. The molecule has 1 aromatic rings. The zero-order valence-corrected chi connectivity index (χ0v) is 5.91. The zero-order valence-electron chi connectivity index (χ0n) is 5.91. The maximum absolute atomic E-state index is 8.39. The van der Waals surface area contributed by atoms with Crippen LogP contribution in [0.15, 0.2) is 24.3 Å². The molecule has 0 aromatic heterocycles. The summed E-state index contributed by atoms with van der Waals surface area (Å²) in [6, 6.07) is 9.17. The van der Waals surface area contributed by atoms with E-state index in [9.17, 15) is 0 Å². The molecule has 1 aromatic carbocycles. The first kappa shape index (κ1) is 7.31. The number of nitriles is 1. The van der Waals surface area contributed by atoms with Gasteiger partial charge >= 0.3 is 0 Å². The van der Waals surface area contributed by atoms with Gasteiger partial charge in [-0.05, 0) is 5.56 Å². The summed E-state index contributed by atoms with van der Waals surface area (Å²) in [4.78, 5) is 3.29. The Bertz CT molecular complexity index is 328. The summed E-state index contributed by atoms with van der Waals surface area (Å²) in [5.74, 6) is 0. The second kappa shape index (κ2) is 3.39. The van der Waals surface area contributed by atoms with E-state index in [4.69, 9.17) is 11.8 Å². The Hall–Kier alpha value is -1.80. The van der Waals surface area contributed by atoms with Gasteiger partial charge in [-0.3, -0.25) is 0 Å². The third-order valence-electron chi connectivity index (χ3n) is 1.38. The van der Waals surface area contributed by atoms with E-state index in [0.29, 0.717) is 12.1 Å². The Morgan fingerprint density at radius 1 is 1.45 bits per heavy atom. The van der Waals surface area contributed by atoms with Gasteiger partial charge in [0.25, 0.3) is 0 Å². The molecule has 0 saturated carbocycles. The second-order valence-corrected chi connectivity index (χ2v) is 2.08. The highest BCUT2D eigenvalue weighted by Crippen LogP contribution is 2.17. The molecule has 0 atom stereocenters. The normalized spacial score (nSPS) is 8.18. The van der Waals surface area contributed by atoms with E-state index in [1.165, 1.54) is 0 Å². The highest BCUT2D eigenvalue weighted by atomic mass is 14.6. The first-order chi connectivity index (χ1) is 5.38. The quantitative estimate of drug-likeness (QED) is 0.553. The lowest BCUT2D eigenvalue weighted by molar-refractivity contribution is 1.27. The molecule has 0 heterocycles. The van der Waals surface area contributed by atoms with Gasteiger partial charge in [0.2, 0.25) is 0 Å². The number of para-hydroxylation sites is 1. The smallest absolute Gasteiger partial charge is 0.191 e. The fourth-order valence-corrected chi connectivity index (χ4v) is 0.855. The van der Waals surface area contributed by atoms with Crippen LogP contribution >= 0.6 is 0 Å². The summed E-state index contributed by atoms with van der Waals surface area (Å²) in [5.41, 5.74) is 1.39. The van der Waals surface area contributed by atoms with Gasteiger partial charge in [0, 0.05) is 0 Å². The van der Waals surface area contributed by atoms with Crippen LogP contribution in [-0.2, 0) is 6.42 Å². The minimum atomic E-state index is 0.318. The van der Waals surface area contributed by atoms with Gasteiger partial charge in [0.15, 0.2) is 5.69 Å². The van der Waals surface area contributed by atoms with Crippen LogP contribution < -0.4 is 0 Å². The summed E-state index contributed by atoms with van der Waals surface area (Å²) < 4.78 is 0. The SMILES string of the molecule is [C-]#[N+]c1ccccc1CC#N. The third kappa shape index (κ3) is 1.56. The van der Waals surface area contributed by atoms with E-state index >= 15 is 0 Å². The lowest BCUT2D eigenvalue weighted by atomic mass is 10.1. The average molecular weight is 142 g/mol. The van der Waals surface area contributed by atoms with Crippen molar-refractivity contribution in [1.29, 1.82) is 5.26 Å². The molecule has 0 N–H and O–H groups in total. The molecule has 11 heavy (non-hydrogen) atoms. The highest BCUT2D eigenvalue weighted by molar-refractivity contribution is 5.52.